The summed E-state index contributed by atoms with van der Waals surface area (Å²) < 4.78 is 4.83. The summed E-state index contributed by atoms with van der Waals surface area (Å²) in [5.74, 6) is 0.195. The van der Waals surface area contributed by atoms with Crippen molar-refractivity contribution in [1.82, 2.24) is 0 Å². The van der Waals surface area contributed by atoms with Crippen LogP contribution in [0.25, 0.3) is 0 Å². The molecule has 0 radical (unpaired) electrons. The van der Waals surface area contributed by atoms with E-state index in [1.165, 1.54) is 7.11 Å². The number of benzene rings is 1. The highest BCUT2D eigenvalue weighted by molar-refractivity contribution is 7.80. The number of carbonyl (C=O) groups excluding carboxylic acids is 1. The van der Waals surface area contributed by atoms with E-state index in [1.54, 1.807) is 0 Å². The zero-order chi connectivity index (χ0) is 11.1. The molecule has 0 bridgehead atoms. The van der Waals surface area contributed by atoms with E-state index in [-0.39, 0.29) is 5.78 Å². The van der Waals surface area contributed by atoms with Crippen LogP contribution in [-0.4, -0.2) is 17.9 Å². The predicted molar refractivity (Wildman–Crippen MR) is 64.0 cm³/mol. The minimum Gasteiger partial charge on any atom is -0.490 e. The number of ether oxygens (including phenoxy) is 1. The third-order valence-corrected chi connectivity index (χ3v) is 2.45. The maximum absolute atomic E-state index is 11.5. The summed E-state index contributed by atoms with van der Waals surface area (Å²) in [7, 11) is 1.53. The summed E-state index contributed by atoms with van der Waals surface area (Å²) in [5.41, 5.74) is 1.05. The number of hydrogen-bond donors (Lipinski definition) is 0. The average molecular weight is 222 g/mol. The molecule has 0 aromatic heterocycles. The van der Waals surface area contributed by atoms with Crippen molar-refractivity contribution in [2.24, 2.45) is 0 Å². The SMILES string of the molecule is COC(=S)CCC(=O)Cc1ccccc1. The fraction of sp³-hybridized carbons (Fsp3) is 0.333. The first-order valence-corrected chi connectivity index (χ1v) is 5.25. The number of ketones is 1. The number of hydrogen-bond acceptors (Lipinski definition) is 3. The molecule has 1 rings (SSSR count). The van der Waals surface area contributed by atoms with Crippen molar-refractivity contribution < 1.29 is 9.53 Å². The quantitative estimate of drug-likeness (QED) is 0.716. The Morgan fingerprint density at radius 1 is 1.27 bits per heavy atom. The molecule has 0 N–H and O–H groups in total. The van der Waals surface area contributed by atoms with Crippen LogP contribution < -0.4 is 0 Å². The van der Waals surface area contributed by atoms with Crippen LogP contribution in [0.4, 0.5) is 0 Å². The number of carbonyl (C=O) groups is 1. The lowest BCUT2D eigenvalue weighted by atomic mass is 10.1. The van der Waals surface area contributed by atoms with E-state index >= 15 is 0 Å². The lowest BCUT2D eigenvalue weighted by Crippen LogP contribution is -2.06. The van der Waals surface area contributed by atoms with Gasteiger partial charge in [-0.1, -0.05) is 30.3 Å². The largest absolute Gasteiger partial charge is 0.490 e. The van der Waals surface area contributed by atoms with Crippen molar-refractivity contribution in [1.29, 1.82) is 0 Å². The van der Waals surface area contributed by atoms with Crippen LogP contribution in [0.1, 0.15) is 18.4 Å². The maximum Gasteiger partial charge on any atom is 0.159 e. The number of methoxy groups -OCH3 is 1. The van der Waals surface area contributed by atoms with Crippen molar-refractivity contribution in [3.8, 4) is 0 Å². The molecule has 0 atom stereocenters. The zero-order valence-electron chi connectivity index (χ0n) is 8.73. The van der Waals surface area contributed by atoms with Gasteiger partial charge in [-0.2, -0.15) is 0 Å². The van der Waals surface area contributed by atoms with Crippen LogP contribution in [0, 0.1) is 0 Å². The Labute approximate surface area is 95.3 Å². The van der Waals surface area contributed by atoms with Crippen LogP contribution in [0.3, 0.4) is 0 Å². The normalized spacial score (nSPS) is 9.67. The molecule has 3 heteroatoms. The van der Waals surface area contributed by atoms with Gasteiger partial charge >= 0.3 is 0 Å². The van der Waals surface area contributed by atoms with Gasteiger partial charge in [0.15, 0.2) is 5.05 Å². The van der Waals surface area contributed by atoms with Crippen molar-refractivity contribution in [2.75, 3.05) is 7.11 Å². The topological polar surface area (TPSA) is 26.3 Å². The highest BCUT2D eigenvalue weighted by Gasteiger charge is 2.05. The lowest BCUT2D eigenvalue weighted by molar-refractivity contribution is -0.118. The molecule has 0 saturated carbocycles. The van der Waals surface area contributed by atoms with E-state index in [0.717, 1.165) is 5.56 Å². The van der Waals surface area contributed by atoms with E-state index in [4.69, 9.17) is 17.0 Å². The number of thiocarbonyl (C=S) groups is 1. The van der Waals surface area contributed by atoms with Gasteiger partial charge < -0.3 is 4.74 Å². The van der Waals surface area contributed by atoms with Gasteiger partial charge in [0.25, 0.3) is 0 Å². The minimum atomic E-state index is 0.195. The van der Waals surface area contributed by atoms with E-state index in [0.29, 0.717) is 24.3 Å². The standard InChI is InChI=1S/C12H14O2S/c1-14-12(15)8-7-11(13)9-10-5-3-2-4-6-10/h2-6H,7-9H2,1H3. The van der Waals surface area contributed by atoms with Gasteiger partial charge in [0.2, 0.25) is 0 Å². The molecule has 1 aromatic carbocycles. The van der Waals surface area contributed by atoms with Crippen LogP contribution in [0.2, 0.25) is 0 Å². The van der Waals surface area contributed by atoms with Gasteiger partial charge in [-0.15, -0.1) is 0 Å². The summed E-state index contributed by atoms with van der Waals surface area (Å²) in [6.45, 7) is 0. The molecule has 0 saturated heterocycles. The lowest BCUT2D eigenvalue weighted by Gasteiger charge is -2.02. The Kier molecular flexibility index (Phi) is 4.98. The molecular formula is C12H14O2S. The molecule has 15 heavy (non-hydrogen) atoms. The molecule has 0 amide bonds. The Balaban J connectivity index is 2.34. The highest BCUT2D eigenvalue weighted by Crippen LogP contribution is 2.04. The van der Waals surface area contributed by atoms with E-state index in [2.05, 4.69) is 0 Å². The average Bonchev–Trinajstić information content (AvgIpc) is 2.27. The van der Waals surface area contributed by atoms with Crippen molar-refractivity contribution in [2.45, 2.75) is 19.3 Å². The Hall–Kier alpha value is -1.22. The van der Waals surface area contributed by atoms with Gasteiger partial charge in [0, 0.05) is 19.3 Å². The molecule has 0 fully saturated rings. The van der Waals surface area contributed by atoms with Gasteiger partial charge in [-0.3, -0.25) is 4.79 Å². The van der Waals surface area contributed by atoms with Crippen molar-refractivity contribution >= 4 is 23.1 Å². The van der Waals surface area contributed by atoms with Crippen LogP contribution in [0.5, 0.6) is 0 Å². The van der Waals surface area contributed by atoms with E-state index in [9.17, 15) is 4.79 Å². The Morgan fingerprint density at radius 2 is 1.93 bits per heavy atom. The summed E-state index contributed by atoms with van der Waals surface area (Å²) in [6, 6.07) is 9.71. The fourth-order valence-electron chi connectivity index (χ4n) is 1.26. The summed E-state index contributed by atoms with van der Waals surface area (Å²) in [4.78, 5) is 11.5. The fourth-order valence-corrected chi connectivity index (χ4v) is 1.36. The molecule has 1 aromatic rings. The highest BCUT2D eigenvalue weighted by atomic mass is 32.1. The molecule has 0 heterocycles. The zero-order valence-corrected chi connectivity index (χ0v) is 9.55. The van der Waals surface area contributed by atoms with E-state index < -0.39 is 0 Å². The van der Waals surface area contributed by atoms with Crippen molar-refractivity contribution in [3.63, 3.8) is 0 Å². The smallest absolute Gasteiger partial charge is 0.159 e. The first-order chi connectivity index (χ1) is 7.22. The third-order valence-electron chi connectivity index (χ3n) is 2.08. The predicted octanol–water partition coefficient (Wildman–Crippen LogP) is 2.55. The molecule has 0 aliphatic rings. The molecular weight excluding hydrogens is 208 g/mol. The monoisotopic (exact) mass is 222 g/mol. The van der Waals surface area contributed by atoms with Gasteiger partial charge in [-0.25, -0.2) is 0 Å². The van der Waals surface area contributed by atoms with E-state index in [1.807, 2.05) is 30.3 Å². The Morgan fingerprint density at radius 3 is 2.53 bits per heavy atom. The van der Waals surface area contributed by atoms with Gasteiger partial charge in [-0.05, 0) is 17.8 Å². The summed E-state index contributed by atoms with van der Waals surface area (Å²) >= 11 is 4.86. The second-order valence-electron chi connectivity index (χ2n) is 3.28. The van der Waals surface area contributed by atoms with Gasteiger partial charge in [0.05, 0.1) is 7.11 Å². The second-order valence-corrected chi connectivity index (χ2v) is 3.73. The van der Waals surface area contributed by atoms with Crippen LogP contribution in [-0.2, 0) is 16.0 Å². The van der Waals surface area contributed by atoms with Gasteiger partial charge in [0.1, 0.15) is 5.78 Å². The number of rotatable bonds is 5. The van der Waals surface area contributed by atoms with Crippen LogP contribution >= 0.6 is 12.2 Å². The molecule has 80 valence electrons. The minimum absolute atomic E-state index is 0.195. The first-order valence-electron chi connectivity index (χ1n) is 4.85. The molecule has 0 spiro atoms. The Bertz CT molecular complexity index is 333. The molecule has 0 aliphatic heterocycles. The van der Waals surface area contributed by atoms with Crippen LogP contribution in [0.15, 0.2) is 30.3 Å². The molecule has 0 aliphatic carbocycles. The third kappa shape index (κ3) is 4.70. The number of Topliss-reactive ketones (excluding diaryl/α,β-unsaturated/α-hetero) is 1. The second kappa shape index (κ2) is 6.30. The molecule has 0 unspecified atom stereocenters. The maximum atomic E-state index is 11.5. The summed E-state index contributed by atoms with van der Waals surface area (Å²) in [5, 5.41) is 0.497. The first kappa shape index (κ1) is 11.9. The van der Waals surface area contributed by atoms with Crippen molar-refractivity contribution in [3.05, 3.63) is 35.9 Å². The summed E-state index contributed by atoms with van der Waals surface area (Å²) in [6.07, 6.45) is 1.48. The molecule has 2 nitrogen and oxygen atoms in total.